The molecule has 2 aromatic carbocycles. The van der Waals surface area contributed by atoms with Gasteiger partial charge in [-0.1, -0.05) is 17.7 Å². The fourth-order valence-corrected chi connectivity index (χ4v) is 2.55. The molecule has 0 bridgehead atoms. The summed E-state index contributed by atoms with van der Waals surface area (Å²) in [6.45, 7) is 4.02. The zero-order valence-corrected chi connectivity index (χ0v) is 12.0. The van der Waals surface area contributed by atoms with Crippen molar-refractivity contribution in [2.75, 3.05) is 5.32 Å². The molecule has 0 radical (unpaired) electrons. The zero-order valence-electron chi connectivity index (χ0n) is 11.2. The van der Waals surface area contributed by atoms with E-state index in [-0.39, 0.29) is 5.91 Å². The van der Waals surface area contributed by atoms with E-state index in [1.807, 2.05) is 26.0 Å². The van der Waals surface area contributed by atoms with Crippen LogP contribution in [0.4, 0.5) is 11.4 Å². The van der Waals surface area contributed by atoms with Gasteiger partial charge in [-0.15, -0.1) is 0 Å². The molecule has 3 nitrogen and oxygen atoms in total. The topological polar surface area (TPSA) is 41.5 Å². The monoisotopic (exact) mass is 284 g/mol. The van der Waals surface area contributed by atoms with Gasteiger partial charge in [-0.05, 0) is 55.3 Å². The summed E-state index contributed by atoms with van der Waals surface area (Å²) in [6.07, 6.45) is 0. The second kappa shape index (κ2) is 4.76. The van der Waals surface area contributed by atoms with Crippen LogP contribution in [0.2, 0.25) is 5.02 Å². The van der Waals surface area contributed by atoms with Gasteiger partial charge in [-0.3, -0.25) is 4.79 Å². The summed E-state index contributed by atoms with van der Waals surface area (Å²) in [5.74, 6) is -0.193. The van der Waals surface area contributed by atoms with Crippen molar-refractivity contribution in [1.29, 1.82) is 0 Å². The zero-order chi connectivity index (χ0) is 14.3. The van der Waals surface area contributed by atoms with Gasteiger partial charge in [0.15, 0.2) is 0 Å². The van der Waals surface area contributed by atoms with E-state index < -0.39 is 0 Å². The Labute approximate surface area is 122 Å². The lowest BCUT2D eigenvalue weighted by Gasteiger charge is -2.02. The third-order valence-electron chi connectivity index (χ3n) is 3.15. The number of fused-ring (bicyclic) bond motifs is 1. The van der Waals surface area contributed by atoms with Crippen LogP contribution in [0.5, 0.6) is 0 Å². The first-order chi connectivity index (χ1) is 9.52. The van der Waals surface area contributed by atoms with Gasteiger partial charge >= 0.3 is 0 Å². The van der Waals surface area contributed by atoms with Gasteiger partial charge in [-0.25, -0.2) is 4.99 Å². The lowest BCUT2D eigenvalue weighted by atomic mass is 10.1. The molecule has 20 heavy (non-hydrogen) atoms. The summed E-state index contributed by atoms with van der Waals surface area (Å²) in [7, 11) is 0. The average Bonchev–Trinajstić information content (AvgIpc) is 2.65. The van der Waals surface area contributed by atoms with E-state index in [1.54, 1.807) is 18.2 Å². The van der Waals surface area contributed by atoms with Gasteiger partial charge in [0.2, 0.25) is 0 Å². The molecule has 0 aliphatic carbocycles. The van der Waals surface area contributed by atoms with Crippen LogP contribution in [0.15, 0.2) is 41.4 Å². The maximum atomic E-state index is 12.0. The number of carbonyl (C=O) groups is 1. The molecule has 0 fully saturated rings. The van der Waals surface area contributed by atoms with Crippen molar-refractivity contribution in [2.45, 2.75) is 13.8 Å². The summed E-state index contributed by atoms with van der Waals surface area (Å²) < 4.78 is 0. The molecule has 0 saturated carbocycles. The van der Waals surface area contributed by atoms with E-state index in [0.717, 1.165) is 28.1 Å². The molecule has 3 rings (SSSR count). The molecule has 0 saturated heterocycles. The Morgan fingerprint density at radius 3 is 2.45 bits per heavy atom. The molecule has 0 aromatic heterocycles. The van der Waals surface area contributed by atoms with Crippen LogP contribution < -0.4 is 5.32 Å². The number of carbonyl (C=O) groups excluding carboxylic acids is 1. The highest BCUT2D eigenvalue weighted by Gasteiger charge is 2.26. The van der Waals surface area contributed by atoms with E-state index in [9.17, 15) is 4.79 Å². The predicted octanol–water partition coefficient (Wildman–Crippen LogP) is 4.03. The van der Waals surface area contributed by atoms with Crippen LogP contribution in [-0.2, 0) is 4.79 Å². The van der Waals surface area contributed by atoms with Gasteiger partial charge in [0.1, 0.15) is 5.71 Å². The fraction of sp³-hybridized carbons (Fsp3) is 0.125. The molecule has 1 aliphatic heterocycles. The Hall–Kier alpha value is -2.13. The van der Waals surface area contributed by atoms with Gasteiger partial charge < -0.3 is 5.32 Å². The highest BCUT2D eigenvalue weighted by atomic mass is 35.5. The molecule has 1 aliphatic rings. The Kier molecular flexibility index (Phi) is 3.07. The minimum atomic E-state index is -0.193. The minimum absolute atomic E-state index is 0.193. The molecule has 1 amide bonds. The predicted molar refractivity (Wildman–Crippen MR) is 82.2 cm³/mol. The first-order valence-electron chi connectivity index (χ1n) is 6.31. The number of hydrogen-bond acceptors (Lipinski definition) is 2. The Bertz CT molecular complexity index is 730. The van der Waals surface area contributed by atoms with Crippen molar-refractivity contribution >= 4 is 34.6 Å². The molecule has 0 atom stereocenters. The highest BCUT2D eigenvalue weighted by molar-refractivity contribution is 6.54. The molecular weight excluding hydrogens is 272 g/mol. The van der Waals surface area contributed by atoms with E-state index in [4.69, 9.17) is 11.6 Å². The van der Waals surface area contributed by atoms with E-state index in [1.165, 1.54) is 0 Å². The third kappa shape index (κ3) is 2.32. The van der Waals surface area contributed by atoms with Gasteiger partial charge in [0.25, 0.3) is 5.91 Å². The third-order valence-corrected chi connectivity index (χ3v) is 3.38. The normalized spacial score (nSPS) is 15.3. The van der Waals surface area contributed by atoms with Crippen molar-refractivity contribution in [1.82, 2.24) is 0 Å². The number of hydrogen-bond donors (Lipinski definition) is 1. The molecular formula is C16H13ClN2O. The number of aliphatic imine (C=N–C) groups is 1. The summed E-state index contributed by atoms with van der Waals surface area (Å²) in [4.78, 5) is 16.5. The molecule has 0 spiro atoms. The molecule has 100 valence electrons. The van der Waals surface area contributed by atoms with Crippen LogP contribution in [0.1, 0.15) is 16.7 Å². The molecule has 1 N–H and O–H groups in total. The van der Waals surface area contributed by atoms with Crippen molar-refractivity contribution < 1.29 is 4.79 Å². The maximum Gasteiger partial charge on any atom is 0.275 e. The summed E-state index contributed by atoms with van der Waals surface area (Å²) in [5, 5.41) is 3.39. The highest BCUT2D eigenvalue weighted by Crippen LogP contribution is 2.28. The number of anilines is 1. The van der Waals surface area contributed by atoms with Crippen molar-refractivity contribution in [3.63, 3.8) is 0 Å². The van der Waals surface area contributed by atoms with Crippen molar-refractivity contribution in [3.8, 4) is 0 Å². The van der Waals surface area contributed by atoms with Gasteiger partial charge in [0.05, 0.1) is 11.4 Å². The van der Waals surface area contributed by atoms with Crippen LogP contribution in [0, 0.1) is 13.8 Å². The molecule has 1 heterocycles. The summed E-state index contributed by atoms with van der Waals surface area (Å²) in [6, 6.07) is 11.3. The molecule has 2 aromatic rings. The van der Waals surface area contributed by atoms with Crippen molar-refractivity contribution in [3.05, 3.63) is 58.1 Å². The number of aryl methyl sites for hydroxylation is 2. The average molecular weight is 285 g/mol. The fourth-order valence-electron chi connectivity index (χ4n) is 2.38. The number of amides is 1. The quantitative estimate of drug-likeness (QED) is 0.844. The standard InChI is InChI=1S/C16H13ClN2O/c1-9-5-10(2)7-12(6-9)18-15-13-8-11(17)3-4-14(13)19-16(15)20/h3-8H,1-2H3,(H,18,19,20). The van der Waals surface area contributed by atoms with Gasteiger partial charge in [0, 0.05) is 10.6 Å². The lowest BCUT2D eigenvalue weighted by molar-refractivity contribution is -0.110. The number of nitrogens with one attached hydrogen (secondary N) is 1. The molecule has 4 heteroatoms. The number of halogens is 1. The van der Waals surface area contributed by atoms with Crippen LogP contribution in [-0.4, -0.2) is 11.6 Å². The summed E-state index contributed by atoms with van der Waals surface area (Å²) >= 11 is 6.00. The van der Waals surface area contributed by atoms with E-state index in [2.05, 4.69) is 16.4 Å². The van der Waals surface area contributed by atoms with Gasteiger partial charge in [-0.2, -0.15) is 0 Å². The first-order valence-corrected chi connectivity index (χ1v) is 6.69. The number of rotatable bonds is 1. The van der Waals surface area contributed by atoms with Crippen LogP contribution in [0.25, 0.3) is 0 Å². The van der Waals surface area contributed by atoms with Crippen molar-refractivity contribution in [2.24, 2.45) is 4.99 Å². The largest absolute Gasteiger partial charge is 0.320 e. The van der Waals surface area contributed by atoms with Crippen LogP contribution >= 0.6 is 11.6 Å². The smallest absolute Gasteiger partial charge is 0.275 e. The minimum Gasteiger partial charge on any atom is -0.320 e. The lowest BCUT2D eigenvalue weighted by Crippen LogP contribution is -2.13. The second-order valence-corrected chi connectivity index (χ2v) is 5.39. The second-order valence-electron chi connectivity index (χ2n) is 4.95. The summed E-state index contributed by atoms with van der Waals surface area (Å²) in [5.41, 5.74) is 4.93. The van der Waals surface area contributed by atoms with E-state index in [0.29, 0.717) is 10.7 Å². The Morgan fingerprint density at radius 2 is 1.75 bits per heavy atom. The molecule has 0 unspecified atom stereocenters. The van der Waals surface area contributed by atoms with E-state index >= 15 is 0 Å². The number of nitrogens with zero attached hydrogens (tertiary/aromatic N) is 1. The number of benzene rings is 2. The Balaban J connectivity index is 2.12. The van der Waals surface area contributed by atoms with Crippen LogP contribution in [0.3, 0.4) is 0 Å². The first kappa shape index (κ1) is 12.9. The maximum absolute atomic E-state index is 12.0. The Morgan fingerprint density at radius 1 is 1.05 bits per heavy atom. The SMILES string of the molecule is Cc1cc(C)cc(N=C2C(=O)Nc3ccc(Cl)cc32)c1.